The van der Waals surface area contributed by atoms with Gasteiger partial charge in [-0.25, -0.2) is 13.2 Å². The van der Waals surface area contributed by atoms with Gasteiger partial charge in [0.2, 0.25) is 10.0 Å². The van der Waals surface area contributed by atoms with Crippen molar-refractivity contribution >= 4 is 21.7 Å². The Bertz CT molecular complexity index is 709. The molecule has 0 radical (unpaired) electrons. The second kappa shape index (κ2) is 6.10. The number of hydrogen-bond acceptors (Lipinski definition) is 5. The SMILES string of the molecule is CN(C1CC1)S(=O)(=O)c1ccc(N2CCOCC2)c(C(=O)O)c1. The molecule has 0 unspecified atom stereocenters. The van der Waals surface area contributed by atoms with Crippen LogP contribution in [0.15, 0.2) is 23.1 Å². The van der Waals surface area contributed by atoms with Crippen LogP contribution < -0.4 is 4.90 Å². The maximum Gasteiger partial charge on any atom is 0.337 e. The van der Waals surface area contributed by atoms with Crippen LogP contribution in [-0.4, -0.2) is 63.2 Å². The fourth-order valence-corrected chi connectivity index (χ4v) is 4.17. The van der Waals surface area contributed by atoms with Gasteiger partial charge in [-0.1, -0.05) is 0 Å². The first-order valence-electron chi connectivity index (χ1n) is 7.59. The lowest BCUT2D eigenvalue weighted by molar-refractivity contribution is 0.0696. The Morgan fingerprint density at radius 3 is 2.52 bits per heavy atom. The minimum absolute atomic E-state index is 0.0113. The van der Waals surface area contributed by atoms with Crippen molar-refractivity contribution < 1.29 is 23.1 Å². The Kier molecular flexibility index (Phi) is 4.31. The van der Waals surface area contributed by atoms with Crippen molar-refractivity contribution in [3.05, 3.63) is 23.8 Å². The maximum absolute atomic E-state index is 12.6. The summed E-state index contributed by atoms with van der Waals surface area (Å²) in [6, 6.07) is 4.38. The third-order valence-corrected chi connectivity index (χ3v) is 6.19. The Balaban J connectivity index is 1.97. The fourth-order valence-electron chi connectivity index (χ4n) is 2.73. The first-order chi connectivity index (χ1) is 10.9. The lowest BCUT2D eigenvalue weighted by Crippen LogP contribution is -2.37. The van der Waals surface area contributed by atoms with Crippen LogP contribution in [0.4, 0.5) is 5.69 Å². The highest BCUT2D eigenvalue weighted by molar-refractivity contribution is 7.89. The van der Waals surface area contributed by atoms with Crippen molar-refractivity contribution in [1.82, 2.24) is 4.31 Å². The molecule has 3 rings (SSSR count). The number of morpholine rings is 1. The van der Waals surface area contributed by atoms with Gasteiger partial charge in [0.05, 0.1) is 29.4 Å². The zero-order valence-corrected chi connectivity index (χ0v) is 13.8. The molecule has 2 fully saturated rings. The molecule has 1 aromatic rings. The van der Waals surface area contributed by atoms with Gasteiger partial charge in [-0.05, 0) is 31.0 Å². The number of carbonyl (C=O) groups is 1. The van der Waals surface area contributed by atoms with Crippen LogP contribution in [0, 0.1) is 0 Å². The number of benzene rings is 1. The molecule has 1 heterocycles. The molecule has 0 atom stereocenters. The number of nitrogens with zero attached hydrogens (tertiary/aromatic N) is 2. The highest BCUT2D eigenvalue weighted by atomic mass is 32.2. The Labute approximate surface area is 135 Å². The topological polar surface area (TPSA) is 87.2 Å². The summed E-state index contributed by atoms with van der Waals surface area (Å²) in [7, 11) is -2.11. The van der Waals surface area contributed by atoms with E-state index >= 15 is 0 Å². The lowest BCUT2D eigenvalue weighted by Gasteiger charge is -2.30. The molecule has 0 bridgehead atoms. The first kappa shape index (κ1) is 16.2. The number of carboxylic acid groups (broad SMARTS) is 1. The standard InChI is InChI=1S/C15H20N2O5S/c1-16(11-2-3-11)23(20,21)12-4-5-14(13(10-12)15(18)19)17-6-8-22-9-7-17/h4-5,10-11H,2-3,6-9H2,1H3,(H,18,19). The number of carboxylic acids is 1. The van der Waals surface area contributed by atoms with E-state index in [1.54, 1.807) is 13.1 Å². The van der Waals surface area contributed by atoms with Gasteiger partial charge in [0.25, 0.3) is 0 Å². The molecule has 2 aliphatic rings. The molecule has 1 aliphatic heterocycles. The average Bonchev–Trinajstić information content (AvgIpc) is 3.39. The van der Waals surface area contributed by atoms with Gasteiger partial charge in [-0.15, -0.1) is 0 Å². The fraction of sp³-hybridized carbons (Fsp3) is 0.533. The van der Waals surface area contributed by atoms with Crippen molar-refractivity contribution in [3.8, 4) is 0 Å². The minimum atomic E-state index is -3.65. The Morgan fingerprint density at radius 1 is 1.30 bits per heavy atom. The monoisotopic (exact) mass is 340 g/mol. The van der Waals surface area contributed by atoms with Gasteiger partial charge in [-0.2, -0.15) is 4.31 Å². The van der Waals surface area contributed by atoms with E-state index in [4.69, 9.17) is 4.74 Å². The number of aromatic carboxylic acids is 1. The highest BCUT2D eigenvalue weighted by Gasteiger charge is 2.35. The second-order valence-corrected chi connectivity index (χ2v) is 7.83. The molecule has 126 valence electrons. The van der Waals surface area contributed by atoms with Crippen LogP contribution in [0.3, 0.4) is 0 Å². The minimum Gasteiger partial charge on any atom is -0.478 e. The molecule has 1 saturated carbocycles. The van der Waals surface area contributed by atoms with Crippen LogP contribution in [0.2, 0.25) is 0 Å². The third kappa shape index (κ3) is 3.19. The molecule has 0 amide bonds. The number of hydrogen-bond donors (Lipinski definition) is 1. The Morgan fingerprint density at radius 2 is 1.96 bits per heavy atom. The van der Waals surface area contributed by atoms with E-state index in [-0.39, 0.29) is 16.5 Å². The highest BCUT2D eigenvalue weighted by Crippen LogP contribution is 2.32. The molecular formula is C15H20N2O5S. The van der Waals surface area contributed by atoms with Crippen molar-refractivity contribution in [1.29, 1.82) is 0 Å². The van der Waals surface area contributed by atoms with Gasteiger partial charge in [-0.3, -0.25) is 0 Å². The van der Waals surface area contributed by atoms with Crippen molar-refractivity contribution in [3.63, 3.8) is 0 Å². The van der Waals surface area contributed by atoms with Crippen LogP contribution >= 0.6 is 0 Å². The van der Waals surface area contributed by atoms with Crippen LogP contribution in [-0.2, 0) is 14.8 Å². The zero-order chi connectivity index (χ0) is 16.6. The molecule has 1 aromatic carbocycles. The van der Waals surface area contributed by atoms with E-state index in [0.29, 0.717) is 32.0 Å². The summed E-state index contributed by atoms with van der Waals surface area (Å²) < 4.78 is 31.8. The normalized spacial score (nSPS) is 19.1. The van der Waals surface area contributed by atoms with E-state index in [2.05, 4.69) is 0 Å². The van der Waals surface area contributed by atoms with Crippen LogP contribution in [0.25, 0.3) is 0 Å². The largest absolute Gasteiger partial charge is 0.478 e. The summed E-state index contributed by atoms with van der Waals surface area (Å²) in [5.41, 5.74) is 0.547. The summed E-state index contributed by atoms with van der Waals surface area (Å²) >= 11 is 0. The van der Waals surface area contributed by atoms with Gasteiger partial charge >= 0.3 is 5.97 Å². The van der Waals surface area contributed by atoms with Gasteiger partial charge in [0.1, 0.15) is 0 Å². The summed E-state index contributed by atoms with van der Waals surface area (Å²) in [6.07, 6.45) is 1.71. The molecule has 8 heteroatoms. The van der Waals surface area contributed by atoms with Crippen molar-refractivity contribution in [2.75, 3.05) is 38.3 Å². The molecule has 7 nitrogen and oxygen atoms in total. The van der Waals surface area contributed by atoms with Gasteiger partial charge in [0.15, 0.2) is 0 Å². The van der Waals surface area contributed by atoms with E-state index in [1.807, 2.05) is 4.90 Å². The number of ether oxygens (including phenoxy) is 1. The number of sulfonamides is 1. The predicted octanol–water partition coefficient (Wildman–Crippen LogP) is 1.00. The number of rotatable bonds is 5. The van der Waals surface area contributed by atoms with Crippen LogP contribution in [0.5, 0.6) is 0 Å². The predicted molar refractivity (Wildman–Crippen MR) is 84.4 cm³/mol. The maximum atomic E-state index is 12.6. The first-order valence-corrected chi connectivity index (χ1v) is 9.03. The van der Waals surface area contributed by atoms with Crippen molar-refractivity contribution in [2.24, 2.45) is 0 Å². The molecule has 0 spiro atoms. The molecule has 1 saturated heterocycles. The second-order valence-electron chi connectivity index (χ2n) is 5.84. The van der Waals surface area contributed by atoms with E-state index in [0.717, 1.165) is 12.8 Å². The zero-order valence-electron chi connectivity index (χ0n) is 12.9. The molecule has 1 aliphatic carbocycles. The molecule has 23 heavy (non-hydrogen) atoms. The third-order valence-electron chi connectivity index (χ3n) is 4.29. The molecule has 0 aromatic heterocycles. The summed E-state index contributed by atoms with van der Waals surface area (Å²) in [6.45, 7) is 2.25. The van der Waals surface area contributed by atoms with Crippen molar-refractivity contribution in [2.45, 2.75) is 23.8 Å². The van der Waals surface area contributed by atoms with Gasteiger partial charge < -0.3 is 14.7 Å². The Hall–Kier alpha value is -1.64. The lowest BCUT2D eigenvalue weighted by atomic mass is 10.1. The summed E-state index contributed by atoms with van der Waals surface area (Å²) in [4.78, 5) is 13.5. The molecule has 1 N–H and O–H groups in total. The average molecular weight is 340 g/mol. The summed E-state index contributed by atoms with van der Waals surface area (Å²) in [5, 5.41) is 9.48. The van der Waals surface area contributed by atoms with Crippen LogP contribution in [0.1, 0.15) is 23.2 Å². The van der Waals surface area contributed by atoms with Gasteiger partial charge in [0, 0.05) is 26.2 Å². The quantitative estimate of drug-likeness (QED) is 0.861. The van der Waals surface area contributed by atoms with E-state index in [9.17, 15) is 18.3 Å². The smallest absolute Gasteiger partial charge is 0.337 e. The van der Waals surface area contributed by atoms with E-state index < -0.39 is 16.0 Å². The number of anilines is 1. The van der Waals surface area contributed by atoms with E-state index in [1.165, 1.54) is 16.4 Å². The molecular weight excluding hydrogens is 320 g/mol. The summed E-state index contributed by atoms with van der Waals surface area (Å²) in [5.74, 6) is -1.13.